The van der Waals surface area contributed by atoms with E-state index in [2.05, 4.69) is 0 Å². The van der Waals surface area contributed by atoms with Gasteiger partial charge in [0.15, 0.2) is 34.8 Å². The van der Waals surface area contributed by atoms with Gasteiger partial charge in [-0.05, 0) is 30.0 Å². The summed E-state index contributed by atoms with van der Waals surface area (Å²) in [5.74, 6) is -10.5. The van der Waals surface area contributed by atoms with Gasteiger partial charge in [-0.1, -0.05) is 0 Å². The number of hydrogen-bond donors (Lipinski definition) is 0. The molecule has 2 aromatic carbocycles. The van der Waals surface area contributed by atoms with Crippen molar-refractivity contribution in [2.24, 2.45) is 0 Å². The second-order valence-corrected chi connectivity index (χ2v) is 5.94. The van der Waals surface area contributed by atoms with E-state index >= 15 is 0 Å². The van der Waals surface area contributed by atoms with E-state index < -0.39 is 44.6 Å². The Morgan fingerprint density at radius 1 is 0.963 bits per heavy atom. The molecule has 0 aliphatic rings. The zero-order chi connectivity index (χ0) is 20.3. The van der Waals surface area contributed by atoms with Crippen LogP contribution in [0.2, 0.25) is 0 Å². The average molecular weight is 407 g/mol. The topological polar surface area (TPSA) is 61.6 Å². The van der Waals surface area contributed by atoms with E-state index in [0.717, 1.165) is 0 Å². The van der Waals surface area contributed by atoms with Crippen LogP contribution in [0.4, 0.5) is 22.0 Å². The Kier molecular flexibility index (Phi) is 6.26. The molecule has 0 spiro atoms. The Bertz CT molecular complexity index is 907. The van der Waals surface area contributed by atoms with Gasteiger partial charge in [0.25, 0.3) is 0 Å². The number of methoxy groups -OCH3 is 2. The predicted octanol–water partition coefficient (Wildman–Crippen LogP) is 4.77. The first-order valence-corrected chi connectivity index (χ1v) is 7.80. The highest BCUT2D eigenvalue weighted by Gasteiger charge is 2.27. The summed E-state index contributed by atoms with van der Waals surface area (Å²) in [6, 6.07) is 4.17. The fourth-order valence-corrected chi connectivity index (χ4v) is 2.79. The molecule has 27 heavy (non-hydrogen) atoms. The van der Waals surface area contributed by atoms with Gasteiger partial charge in [-0.15, -0.1) is 0 Å². The minimum absolute atomic E-state index is 0.208. The van der Waals surface area contributed by atoms with E-state index in [1.54, 1.807) is 0 Å². The molecule has 0 N–H and O–H groups in total. The van der Waals surface area contributed by atoms with Crippen LogP contribution < -0.4 is 9.47 Å². The van der Waals surface area contributed by atoms with Crippen LogP contribution in [0.25, 0.3) is 6.08 Å². The molecule has 0 saturated carbocycles. The molecule has 0 bridgehead atoms. The molecule has 0 aromatic heterocycles. The van der Waals surface area contributed by atoms with Gasteiger partial charge in [-0.25, -0.2) is 22.0 Å². The Hall–Kier alpha value is -2.82. The first-order chi connectivity index (χ1) is 12.7. The van der Waals surface area contributed by atoms with Crippen molar-refractivity contribution in [3.8, 4) is 11.5 Å². The molecule has 11 heteroatoms. The molecule has 2 rings (SSSR count). The lowest BCUT2D eigenvalue weighted by molar-refractivity contribution is -0.408. The van der Waals surface area contributed by atoms with Crippen molar-refractivity contribution in [1.29, 1.82) is 0 Å². The zero-order valence-corrected chi connectivity index (χ0v) is 14.5. The largest absolute Gasteiger partial charge is 0.493 e. The maximum absolute atomic E-state index is 13.7. The van der Waals surface area contributed by atoms with Crippen LogP contribution >= 0.6 is 11.8 Å². The van der Waals surface area contributed by atoms with Gasteiger partial charge in [-0.2, -0.15) is 0 Å². The maximum atomic E-state index is 13.7. The van der Waals surface area contributed by atoms with Crippen molar-refractivity contribution < 1.29 is 36.3 Å². The zero-order valence-electron chi connectivity index (χ0n) is 13.7. The van der Waals surface area contributed by atoms with Gasteiger partial charge in [0.2, 0.25) is 5.82 Å². The van der Waals surface area contributed by atoms with Crippen molar-refractivity contribution in [3.05, 3.63) is 68.0 Å². The Morgan fingerprint density at radius 3 is 1.96 bits per heavy atom. The molecular formula is C16H10F5NO4S. The molecule has 0 unspecified atom stereocenters. The van der Waals surface area contributed by atoms with Crippen LogP contribution in [0.5, 0.6) is 11.5 Å². The highest BCUT2D eigenvalue weighted by molar-refractivity contribution is 8.03. The van der Waals surface area contributed by atoms with Crippen molar-refractivity contribution in [3.63, 3.8) is 0 Å². The molecule has 0 saturated heterocycles. The fraction of sp³-hybridized carbons (Fsp3) is 0.125. The van der Waals surface area contributed by atoms with E-state index in [0.29, 0.717) is 17.5 Å². The van der Waals surface area contributed by atoms with Gasteiger partial charge in [0, 0.05) is 11.0 Å². The van der Waals surface area contributed by atoms with Gasteiger partial charge < -0.3 is 9.47 Å². The Labute approximate surface area is 153 Å². The maximum Gasteiger partial charge on any atom is 0.308 e. The lowest BCUT2D eigenvalue weighted by Gasteiger charge is -2.09. The van der Waals surface area contributed by atoms with Gasteiger partial charge in [0.05, 0.1) is 24.7 Å². The Morgan fingerprint density at radius 2 is 1.48 bits per heavy atom. The first-order valence-electron chi connectivity index (χ1n) is 6.98. The minimum atomic E-state index is -2.35. The van der Waals surface area contributed by atoms with Crippen LogP contribution in [0.15, 0.2) is 28.1 Å². The summed E-state index contributed by atoms with van der Waals surface area (Å²) in [6.07, 6.45) is 0.275. The molecule has 5 nitrogen and oxygen atoms in total. The van der Waals surface area contributed by atoms with Crippen LogP contribution in [0.3, 0.4) is 0 Å². The molecule has 0 radical (unpaired) electrons. The van der Waals surface area contributed by atoms with E-state index in [1.807, 2.05) is 0 Å². The number of halogens is 5. The second kappa shape index (κ2) is 8.25. The van der Waals surface area contributed by atoms with Crippen molar-refractivity contribution in [2.75, 3.05) is 14.2 Å². The smallest absolute Gasteiger partial charge is 0.308 e. The highest BCUT2D eigenvalue weighted by Crippen LogP contribution is 2.36. The number of thioether (sulfide) groups is 1. The Balaban J connectivity index is 2.53. The molecule has 0 atom stereocenters. The number of nitrogens with zero attached hydrogens (tertiary/aromatic N) is 1. The quantitative estimate of drug-likeness (QED) is 0.172. The fourth-order valence-electron chi connectivity index (χ4n) is 1.99. The third kappa shape index (κ3) is 4.13. The number of rotatable bonds is 6. The summed E-state index contributed by atoms with van der Waals surface area (Å²) in [5.41, 5.74) is -1.41. The summed E-state index contributed by atoms with van der Waals surface area (Å²) in [5, 5.41) is 10.3. The molecule has 0 heterocycles. The lowest BCUT2D eigenvalue weighted by atomic mass is 10.1. The summed E-state index contributed by atoms with van der Waals surface area (Å²) in [6.45, 7) is 0. The highest BCUT2D eigenvalue weighted by atomic mass is 32.2. The molecule has 2 aromatic rings. The third-order valence-electron chi connectivity index (χ3n) is 3.27. The normalized spacial score (nSPS) is 11.4. The van der Waals surface area contributed by atoms with Crippen LogP contribution in [-0.2, 0) is 0 Å². The third-order valence-corrected chi connectivity index (χ3v) is 4.23. The summed E-state index contributed by atoms with van der Waals surface area (Å²) < 4.78 is 77.2. The van der Waals surface area contributed by atoms with Crippen LogP contribution in [0, 0.1) is 39.2 Å². The molecule has 0 fully saturated rings. The molecule has 144 valence electrons. The van der Waals surface area contributed by atoms with Crippen LogP contribution in [-0.4, -0.2) is 19.1 Å². The minimum Gasteiger partial charge on any atom is -0.493 e. The van der Waals surface area contributed by atoms with Crippen LogP contribution in [0.1, 0.15) is 5.56 Å². The monoisotopic (exact) mass is 407 g/mol. The van der Waals surface area contributed by atoms with E-state index in [9.17, 15) is 32.1 Å². The van der Waals surface area contributed by atoms with E-state index in [4.69, 9.17) is 9.47 Å². The standard InChI is InChI=1S/C16H10F5NO4S/c1-25-9-4-3-7(5-10(9)26-2)27-11(22(23)24)6-8-12(17)14(19)16(21)15(20)13(8)18/h3-6H,1-2H3. The lowest BCUT2D eigenvalue weighted by Crippen LogP contribution is -2.05. The summed E-state index contributed by atoms with van der Waals surface area (Å²) in [4.78, 5) is 10.4. The van der Waals surface area contributed by atoms with E-state index in [1.165, 1.54) is 32.4 Å². The SMILES string of the molecule is COc1ccc(SC(=Cc2c(F)c(F)c(F)c(F)c2F)[N+](=O)[O-])cc1OC. The number of ether oxygens (including phenoxy) is 2. The van der Waals surface area contributed by atoms with Crippen molar-refractivity contribution in [2.45, 2.75) is 4.90 Å². The first kappa shape index (κ1) is 20.5. The molecular weight excluding hydrogens is 397 g/mol. The van der Waals surface area contributed by atoms with Gasteiger partial charge in [-0.3, -0.25) is 10.1 Å². The van der Waals surface area contributed by atoms with Crippen molar-refractivity contribution in [1.82, 2.24) is 0 Å². The number of hydrogen-bond acceptors (Lipinski definition) is 5. The second-order valence-electron chi connectivity index (χ2n) is 4.84. The van der Waals surface area contributed by atoms with Gasteiger partial charge in [0.1, 0.15) is 0 Å². The number of nitro groups is 1. The average Bonchev–Trinajstić information content (AvgIpc) is 2.66. The molecule has 0 aliphatic heterocycles. The number of benzene rings is 2. The van der Waals surface area contributed by atoms with E-state index in [-0.39, 0.29) is 16.7 Å². The molecule has 0 amide bonds. The van der Waals surface area contributed by atoms with Gasteiger partial charge >= 0.3 is 5.03 Å². The summed E-state index contributed by atoms with van der Waals surface area (Å²) >= 11 is 0.428. The predicted molar refractivity (Wildman–Crippen MR) is 86.6 cm³/mol. The summed E-state index contributed by atoms with van der Waals surface area (Å²) in [7, 11) is 2.70. The molecule has 0 aliphatic carbocycles. The van der Waals surface area contributed by atoms with Crippen molar-refractivity contribution >= 4 is 17.8 Å².